The number of rotatable bonds is 4. The van der Waals surface area contributed by atoms with E-state index < -0.39 is 12.0 Å². The van der Waals surface area contributed by atoms with Crippen molar-refractivity contribution in [1.82, 2.24) is 4.57 Å². The molecule has 1 atom stereocenters. The van der Waals surface area contributed by atoms with Gasteiger partial charge in [0.1, 0.15) is 11.5 Å². The third kappa shape index (κ3) is 4.38. The summed E-state index contributed by atoms with van der Waals surface area (Å²) < 4.78 is 12.9. The van der Waals surface area contributed by atoms with Gasteiger partial charge in [0.15, 0.2) is 4.80 Å². The number of methoxy groups -OCH3 is 1. The van der Waals surface area contributed by atoms with Crippen LogP contribution in [0.15, 0.2) is 86.1 Å². The second-order valence-corrected chi connectivity index (χ2v) is 9.72. The molecule has 0 bridgehead atoms. The first-order chi connectivity index (χ1) is 16.9. The third-order valence-corrected chi connectivity index (χ3v) is 7.13. The Balaban J connectivity index is 1.64. The van der Waals surface area contributed by atoms with Crippen LogP contribution in [0, 0.1) is 0 Å². The number of halogens is 2. The van der Waals surface area contributed by atoms with Gasteiger partial charge in [0.05, 0.1) is 29.0 Å². The van der Waals surface area contributed by atoms with Crippen molar-refractivity contribution in [1.29, 1.82) is 0 Å². The second kappa shape index (κ2) is 9.34. The van der Waals surface area contributed by atoms with E-state index >= 15 is 0 Å². The molecular weight excluding hydrogens is 507 g/mol. The molecule has 0 spiro atoms. The van der Waals surface area contributed by atoms with E-state index in [1.165, 1.54) is 23.0 Å². The van der Waals surface area contributed by atoms with E-state index in [0.29, 0.717) is 42.2 Å². The molecule has 0 aliphatic carbocycles. The highest BCUT2D eigenvalue weighted by Gasteiger charge is 2.33. The first-order valence-corrected chi connectivity index (χ1v) is 12.1. The van der Waals surface area contributed by atoms with E-state index in [-0.39, 0.29) is 5.56 Å². The minimum absolute atomic E-state index is 0.285. The van der Waals surface area contributed by atoms with Gasteiger partial charge in [0.25, 0.3) is 5.56 Å². The molecule has 3 heterocycles. The fourth-order valence-corrected chi connectivity index (χ4v) is 5.26. The number of hydrogen-bond donors (Lipinski definition) is 0. The van der Waals surface area contributed by atoms with Gasteiger partial charge in [-0.15, -0.1) is 0 Å². The zero-order valence-corrected chi connectivity index (χ0v) is 20.9. The SMILES string of the molecule is COC(=O)C1=C(C)N=c2sc(=Cc3ccc(-c4ccc(Cl)cc4)o3)c(=O)n2C1c1ccc(Cl)cc1. The van der Waals surface area contributed by atoms with Gasteiger partial charge in [0, 0.05) is 21.7 Å². The Morgan fingerprint density at radius 3 is 2.37 bits per heavy atom. The zero-order valence-electron chi connectivity index (χ0n) is 18.6. The normalized spacial score (nSPS) is 15.7. The average molecular weight is 525 g/mol. The van der Waals surface area contributed by atoms with Gasteiger partial charge in [-0.1, -0.05) is 46.7 Å². The summed E-state index contributed by atoms with van der Waals surface area (Å²) in [5, 5.41) is 1.19. The lowest BCUT2D eigenvalue weighted by Gasteiger charge is -2.24. The van der Waals surface area contributed by atoms with Gasteiger partial charge in [-0.25, -0.2) is 9.79 Å². The average Bonchev–Trinajstić information content (AvgIpc) is 3.43. The number of furan rings is 1. The van der Waals surface area contributed by atoms with Crippen molar-refractivity contribution in [3.8, 4) is 11.3 Å². The predicted octanol–water partition coefficient (Wildman–Crippen LogP) is 4.98. The first kappa shape index (κ1) is 23.4. The topological polar surface area (TPSA) is 73.8 Å². The Labute approximate surface area is 214 Å². The Bertz CT molecular complexity index is 1650. The van der Waals surface area contributed by atoms with Crippen molar-refractivity contribution in [2.75, 3.05) is 7.11 Å². The van der Waals surface area contributed by atoms with E-state index in [4.69, 9.17) is 32.4 Å². The quantitative estimate of drug-likeness (QED) is 0.353. The molecule has 9 heteroatoms. The van der Waals surface area contributed by atoms with Crippen LogP contribution < -0.4 is 14.9 Å². The largest absolute Gasteiger partial charge is 0.466 e. The number of carbonyl (C=O) groups is 1. The number of esters is 1. The summed E-state index contributed by atoms with van der Waals surface area (Å²) in [6.07, 6.45) is 1.68. The fraction of sp³-hybridized carbons (Fsp3) is 0.115. The van der Waals surface area contributed by atoms with Gasteiger partial charge in [-0.2, -0.15) is 0 Å². The molecule has 0 saturated heterocycles. The number of fused-ring (bicyclic) bond motifs is 1. The fourth-order valence-electron chi connectivity index (χ4n) is 3.98. The second-order valence-electron chi connectivity index (χ2n) is 7.83. The molecule has 1 aliphatic rings. The summed E-state index contributed by atoms with van der Waals surface area (Å²) in [5.41, 5.74) is 2.10. The minimum Gasteiger partial charge on any atom is -0.466 e. The Morgan fingerprint density at radius 1 is 1.06 bits per heavy atom. The molecule has 0 radical (unpaired) electrons. The highest BCUT2D eigenvalue weighted by Crippen LogP contribution is 2.31. The smallest absolute Gasteiger partial charge is 0.338 e. The lowest BCUT2D eigenvalue weighted by atomic mass is 9.96. The molecule has 2 aromatic carbocycles. The van der Waals surface area contributed by atoms with Crippen molar-refractivity contribution in [2.45, 2.75) is 13.0 Å². The van der Waals surface area contributed by atoms with Crippen LogP contribution in [-0.2, 0) is 9.53 Å². The number of ether oxygens (including phenoxy) is 1. The van der Waals surface area contributed by atoms with E-state index in [1.54, 1.807) is 55.5 Å². The number of allylic oxidation sites excluding steroid dienone is 1. The highest BCUT2D eigenvalue weighted by molar-refractivity contribution is 7.07. The van der Waals surface area contributed by atoms with E-state index in [9.17, 15) is 9.59 Å². The molecule has 1 unspecified atom stereocenters. The van der Waals surface area contributed by atoms with E-state index in [1.807, 2.05) is 18.2 Å². The maximum absolute atomic E-state index is 13.6. The molecule has 0 amide bonds. The number of thiazole rings is 1. The maximum atomic E-state index is 13.6. The van der Waals surface area contributed by atoms with Crippen LogP contribution in [0.5, 0.6) is 0 Å². The molecule has 5 rings (SSSR count). The van der Waals surface area contributed by atoms with Gasteiger partial charge in [0.2, 0.25) is 0 Å². The van der Waals surface area contributed by atoms with Crippen molar-refractivity contribution < 1.29 is 13.9 Å². The van der Waals surface area contributed by atoms with Crippen molar-refractivity contribution in [2.24, 2.45) is 4.99 Å². The third-order valence-electron chi connectivity index (χ3n) is 5.64. The molecule has 0 saturated carbocycles. The standard InChI is InChI=1S/C26H18Cl2N2O4S/c1-14-22(25(32)33-2)23(16-5-9-18(28)10-6-16)30-24(31)21(35-26(30)29-14)13-19-11-12-20(34-19)15-3-7-17(27)8-4-15/h3-13,23H,1-2H3. The summed E-state index contributed by atoms with van der Waals surface area (Å²) in [4.78, 5) is 31.3. The summed E-state index contributed by atoms with van der Waals surface area (Å²) in [7, 11) is 1.31. The number of benzene rings is 2. The van der Waals surface area contributed by atoms with Crippen molar-refractivity contribution >= 4 is 46.6 Å². The number of carbonyl (C=O) groups excluding carboxylic acids is 1. The molecule has 1 aliphatic heterocycles. The van der Waals surface area contributed by atoms with Crippen LogP contribution in [0.25, 0.3) is 17.4 Å². The van der Waals surface area contributed by atoms with Gasteiger partial charge < -0.3 is 9.15 Å². The molecule has 35 heavy (non-hydrogen) atoms. The molecule has 2 aromatic heterocycles. The molecule has 0 fully saturated rings. The monoisotopic (exact) mass is 524 g/mol. The number of hydrogen-bond acceptors (Lipinski definition) is 6. The number of aromatic nitrogens is 1. The molecule has 176 valence electrons. The van der Waals surface area contributed by atoms with Crippen molar-refractivity contribution in [3.05, 3.63) is 113 Å². The maximum Gasteiger partial charge on any atom is 0.338 e. The summed E-state index contributed by atoms with van der Waals surface area (Å²) in [5.74, 6) is 0.634. The summed E-state index contributed by atoms with van der Waals surface area (Å²) in [6.45, 7) is 1.73. The highest BCUT2D eigenvalue weighted by atomic mass is 35.5. The number of nitrogens with zero attached hydrogens (tertiary/aromatic N) is 2. The Kier molecular flexibility index (Phi) is 6.23. The van der Waals surface area contributed by atoms with E-state index in [0.717, 1.165) is 11.1 Å². The van der Waals surface area contributed by atoms with Crippen LogP contribution in [0.1, 0.15) is 24.3 Å². The lowest BCUT2D eigenvalue weighted by molar-refractivity contribution is -0.136. The van der Waals surface area contributed by atoms with Crippen LogP contribution in [0.3, 0.4) is 0 Å². The Hall–Kier alpha value is -3.39. The predicted molar refractivity (Wildman–Crippen MR) is 136 cm³/mol. The first-order valence-electron chi connectivity index (χ1n) is 10.6. The lowest BCUT2D eigenvalue weighted by Crippen LogP contribution is -2.39. The Morgan fingerprint density at radius 2 is 1.71 bits per heavy atom. The molecule has 0 N–H and O–H groups in total. The zero-order chi connectivity index (χ0) is 24.7. The van der Waals surface area contributed by atoms with Gasteiger partial charge in [-0.05, 0) is 61.0 Å². The van der Waals surface area contributed by atoms with Crippen LogP contribution in [-0.4, -0.2) is 17.6 Å². The molecule has 6 nitrogen and oxygen atoms in total. The molecule has 4 aromatic rings. The van der Waals surface area contributed by atoms with E-state index in [2.05, 4.69) is 4.99 Å². The summed E-state index contributed by atoms with van der Waals surface area (Å²) >= 11 is 13.3. The minimum atomic E-state index is -0.695. The van der Waals surface area contributed by atoms with Gasteiger partial charge in [-0.3, -0.25) is 9.36 Å². The molecular formula is C26H18Cl2N2O4S. The van der Waals surface area contributed by atoms with Crippen LogP contribution in [0.4, 0.5) is 0 Å². The van der Waals surface area contributed by atoms with Crippen molar-refractivity contribution in [3.63, 3.8) is 0 Å². The van der Waals surface area contributed by atoms with Crippen LogP contribution in [0.2, 0.25) is 10.0 Å². The summed E-state index contributed by atoms with van der Waals surface area (Å²) in [6, 6.07) is 17.3. The van der Waals surface area contributed by atoms with Crippen LogP contribution >= 0.6 is 34.5 Å². The van der Waals surface area contributed by atoms with Gasteiger partial charge >= 0.3 is 5.97 Å².